The van der Waals surface area contributed by atoms with Gasteiger partial charge < -0.3 is 5.73 Å². The van der Waals surface area contributed by atoms with Crippen LogP contribution in [-0.4, -0.2) is 43.6 Å². The van der Waals surface area contributed by atoms with Crippen molar-refractivity contribution in [1.29, 1.82) is 0 Å². The number of carbonyl (C=O) groups excluding carboxylic acids is 2. The van der Waals surface area contributed by atoms with Crippen LogP contribution in [0.5, 0.6) is 0 Å². The largest absolute Gasteiger partial charge is 0.338 e. The molecule has 3 N–H and O–H groups in total. The molecule has 0 spiro atoms. The Labute approximate surface area is 81.3 Å². The highest BCUT2D eigenvalue weighted by Gasteiger charge is 2.46. The molecule has 1 fully saturated rings. The third-order valence-electron chi connectivity index (χ3n) is 1.94. The van der Waals surface area contributed by atoms with Crippen LogP contribution in [-0.2, 0) is 14.8 Å². The second-order valence-electron chi connectivity index (χ2n) is 3.15. The SMILES string of the molecule is CC1C(N)C(=O)N1C(=O)NS(C)(=O)=O. The molecule has 1 aliphatic rings. The zero-order chi connectivity index (χ0) is 11.1. The Morgan fingerprint density at radius 2 is 2.07 bits per heavy atom. The summed E-state index contributed by atoms with van der Waals surface area (Å²) in [5.74, 6) is -0.571. The molecule has 0 aromatic heterocycles. The van der Waals surface area contributed by atoms with E-state index >= 15 is 0 Å². The molecular weight excluding hydrogens is 210 g/mol. The van der Waals surface area contributed by atoms with E-state index in [0.29, 0.717) is 0 Å². The quantitative estimate of drug-likeness (QED) is 0.508. The molecule has 0 radical (unpaired) electrons. The van der Waals surface area contributed by atoms with Crippen molar-refractivity contribution < 1.29 is 18.0 Å². The fraction of sp³-hybridized carbons (Fsp3) is 0.667. The van der Waals surface area contributed by atoms with Gasteiger partial charge in [0.05, 0.1) is 12.3 Å². The smallest absolute Gasteiger partial charge is 0.318 e. The van der Waals surface area contributed by atoms with Crippen LogP contribution in [0.2, 0.25) is 0 Å². The van der Waals surface area contributed by atoms with Crippen molar-refractivity contribution in [3.63, 3.8) is 0 Å². The summed E-state index contributed by atoms with van der Waals surface area (Å²) in [5.41, 5.74) is 5.34. The van der Waals surface area contributed by atoms with Gasteiger partial charge in [0.2, 0.25) is 15.9 Å². The maximum atomic E-state index is 11.2. The number of nitrogens with zero attached hydrogens (tertiary/aromatic N) is 1. The number of nitrogens with two attached hydrogens (primary N) is 1. The minimum Gasteiger partial charge on any atom is -0.318 e. The minimum absolute atomic E-state index is 0.468. The van der Waals surface area contributed by atoms with E-state index in [1.807, 2.05) is 0 Å². The predicted molar refractivity (Wildman–Crippen MR) is 47.7 cm³/mol. The molecule has 0 saturated carbocycles. The van der Waals surface area contributed by atoms with Gasteiger partial charge in [0, 0.05) is 0 Å². The third-order valence-corrected chi connectivity index (χ3v) is 2.49. The van der Waals surface area contributed by atoms with Gasteiger partial charge in [0.1, 0.15) is 6.04 Å². The van der Waals surface area contributed by atoms with E-state index in [0.717, 1.165) is 11.2 Å². The number of hydrogen-bond acceptors (Lipinski definition) is 5. The molecule has 14 heavy (non-hydrogen) atoms. The number of urea groups is 1. The number of β-lactam (4-membered cyclic amide) rings is 1. The molecule has 80 valence electrons. The predicted octanol–water partition coefficient (Wildman–Crippen LogP) is -1.79. The number of rotatable bonds is 1. The molecule has 0 bridgehead atoms. The molecule has 8 heteroatoms. The van der Waals surface area contributed by atoms with Gasteiger partial charge >= 0.3 is 6.03 Å². The molecule has 2 atom stereocenters. The van der Waals surface area contributed by atoms with Gasteiger partial charge in [-0.2, -0.15) is 0 Å². The van der Waals surface area contributed by atoms with E-state index in [-0.39, 0.29) is 0 Å². The Kier molecular flexibility index (Phi) is 2.50. The van der Waals surface area contributed by atoms with Crippen LogP contribution in [0.3, 0.4) is 0 Å². The summed E-state index contributed by atoms with van der Waals surface area (Å²) >= 11 is 0. The minimum atomic E-state index is -3.64. The van der Waals surface area contributed by atoms with Gasteiger partial charge in [-0.3, -0.25) is 9.69 Å². The first-order valence-electron chi connectivity index (χ1n) is 3.84. The number of hydrogen-bond donors (Lipinski definition) is 2. The van der Waals surface area contributed by atoms with Crippen molar-refractivity contribution in [3.8, 4) is 0 Å². The molecule has 0 aromatic carbocycles. The van der Waals surface area contributed by atoms with Crippen LogP contribution in [0.15, 0.2) is 0 Å². The van der Waals surface area contributed by atoms with Crippen LogP contribution in [0.4, 0.5) is 4.79 Å². The van der Waals surface area contributed by atoms with Crippen LogP contribution in [0, 0.1) is 0 Å². The van der Waals surface area contributed by atoms with Crippen molar-refractivity contribution in [1.82, 2.24) is 9.62 Å². The monoisotopic (exact) mass is 221 g/mol. The summed E-state index contributed by atoms with van der Waals surface area (Å²) in [4.78, 5) is 23.0. The summed E-state index contributed by atoms with van der Waals surface area (Å²) in [7, 11) is -3.64. The first kappa shape index (κ1) is 10.9. The summed E-state index contributed by atoms with van der Waals surface area (Å²) in [6.45, 7) is 1.56. The number of amides is 3. The zero-order valence-electron chi connectivity index (χ0n) is 7.72. The lowest BCUT2D eigenvalue weighted by Crippen LogP contribution is -2.70. The highest BCUT2D eigenvalue weighted by molar-refractivity contribution is 7.89. The molecule has 7 nitrogen and oxygen atoms in total. The Hall–Kier alpha value is -1.15. The standard InChI is InChI=1S/C6H11N3O4S/c1-3-4(7)5(10)9(3)6(11)8-14(2,12)13/h3-4H,7H2,1-2H3,(H,8,11). The Morgan fingerprint density at radius 3 is 2.43 bits per heavy atom. The van der Waals surface area contributed by atoms with Crippen molar-refractivity contribution in [2.45, 2.75) is 19.0 Å². The molecule has 1 heterocycles. The van der Waals surface area contributed by atoms with Crippen LogP contribution < -0.4 is 10.5 Å². The normalized spacial score (nSPS) is 27.1. The van der Waals surface area contributed by atoms with Crippen molar-refractivity contribution in [3.05, 3.63) is 0 Å². The van der Waals surface area contributed by atoms with E-state index in [1.165, 1.54) is 0 Å². The van der Waals surface area contributed by atoms with Gasteiger partial charge in [-0.05, 0) is 6.92 Å². The number of carbonyl (C=O) groups is 2. The number of imide groups is 1. The third kappa shape index (κ3) is 1.85. The van der Waals surface area contributed by atoms with Crippen molar-refractivity contribution in [2.24, 2.45) is 5.73 Å². The second-order valence-corrected chi connectivity index (χ2v) is 4.90. The van der Waals surface area contributed by atoms with Crippen LogP contribution in [0.25, 0.3) is 0 Å². The van der Waals surface area contributed by atoms with Gasteiger partial charge in [0.25, 0.3) is 0 Å². The Balaban J connectivity index is 2.69. The molecular formula is C6H11N3O4S. The molecule has 0 aliphatic carbocycles. The summed E-state index contributed by atoms with van der Waals surface area (Å²) in [6, 6.07) is -2.14. The average Bonchev–Trinajstić information content (AvgIpc) is 2.00. The summed E-state index contributed by atoms with van der Waals surface area (Å²) in [6.07, 6.45) is 0.833. The zero-order valence-corrected chi connectivity index (χ0v) is 8.54. The van der Waals surface area contributed by atoms with Crippen LogP contribution >= 0.6 is 0 Å². The second kappa shape index (κ2) is 3.21. The van der Waals surface area contributed by atoms with E-state index < -0.39 is 34.0 Å². The number of sulfonamides is 1. The topological polar surface area (TPSA) is 110 Å². The van der Waals surface area contributed by atoms with Crippen LogP contribution in [0.1, 0.15) is 6.92 Å². The van der Waals surface area contributed by atoms with Gasteiger partial charge in [-0.25, -0.2) is 17.9 Å². The fourth-order valence-electron chi connectivity index (χ4n) is 1.14. The maximum Gasteiger partial charge on any atom is 0.338 e. The van der Waals surface area contributed by atoms with E-state index in [4.69, 9.17) is 5.73 Å². The number of nitrogens with one attached hydrogen (secondary N) is 1. The van der Waals surface area contributed by atoms with Crippen molar-refractivity contribution >= 4 is 22.0 Å². The average molecular weight is 221 g/mol. The molecule has 2 unspecified atom stereocenters. The lowest BCUT2D eigenvalue weighted by Gasteiger charge is -2.40. The van der Waals surface area contributed by atoms with E-state index in [1.54, 1.807) is 11.6 Å². The van der Waals surface area contributed by atoms with E-state index in [9.17, 15) is 18.0 Å². The highest BCUT2D eigenvalue weighted by Crippen LogP contribution is 2.17. The lowest BCUT2D eigenvalue weighted by molar-refractivity contribution is -0.142. The Morgan fingerprint density at radius 1 is 1.57 bits per heavy atom. The summed E-state index contributed by atoms with van der Waals surface area (Å²) in [5, 5.41) is 0. The lowest BCUT2D eigenvalue weighted by atomic mass is 9.99. The molecule has 3 amide bonds. The van der Waals surface area contributed by atoms with Crippen molar-refractivity contribution in [2.75, 3.05) is 6.26 Å². The highest BCUT2D eigenvalue weighted by atomic mass is 32.2. The summed E-state index contributed by atoms with van der Waals surface area (Å²) < 4.78 is 23.0. The molecule has 1 rings (SSSR count). The van der Waals surface area contributed by atoms with E-state index in [2.05, 4.69) is 0 Å². The van der Waals surface area contributed by atoms with Gasteiger partial charge in [-0.1, -0.05) is 0 Å². The number of likely N-dealkylation sites (tertiary alicyclic amines) is 1. The van der Waals surface area contributed by atoms with Gasteiger partial charge in [0.15, 0.2) is 0 Å². The molecule has 1 aliphatic heterocycles. The maximum absolute atomic E-state index is 11.2. The van der Waals surface area contributed by atoms with Gasteiger partial charge in [-0.15, -0.1) is 0 Å². The molecule has 1 saturated heterocycles. The first-order valence-corrected chi connectivity index (χ1v) is 5.73. The first-order chi connectivity index (χ1) is 6.24. The Bertz CT molecular complexity index is 377. The fourth-order valence-corrected chi connectivity index (χ4v) is 1.55. The molecule has 0 aromatic rings.